The zero-order valence-electron chi connectivity index (χ0n) is 9.57. The van der Waals surface area contributed by atoms with E-state index in [0.717, 1.165) is 4.68 Å². The van der Waals surface area contributed by atoms with E-state index in [2.05, 4.69) is 26.2 Å². The third-order valence-electron chi connectivity index (χ3n) is 1.99. The van der Waals surface area contributed by atoms with Gasteiger partial charge in [-0.3, -0.25) is 9.59 Å². The molecule has 0 aliphatic rings. The maximum atomic E-state index is 12.0. The second-order valence-corrected chi connectivity index (χ2v) is 5.87. The van der Waals surface area contributed by atoms with Gasteiger partial charge in [0.2, 0.25) is 10.9 Å². The number of aliphatic carboxylic acids is 1. The smallest absolute Gasteiger partial charge is 0.322 e. The van der Waals surface area contributed by atoms with Crippen LogP contribution < -0.4 is 10.5 Å². The van der Waals surface area contributed by atoms with Crippen LogP contribution >= 0.6 is 15.9 Å². The van der Waals surface area contributed by atoms with Gasteiger partial charge in [0, 0.05) is 7.05 Å². The number of carbonyl (C=O) groups is 2. The average molecular weight is 356 g/mol. The monoisotopic (exact) mass is 355 g/mol. The Hall–Kier alpha value is -1.53. The lowest BCUT2D eigenvalue weighted by molar-refractivity contribution is -0.140. The highest BCUT2D eigenvalue weighted by Gasteiger charge is 2.31. The van der Waals surface area contributed by atoms with Gasteiger partial charge in [0.05, 0.1) is 6.42 Å². The summed E-state index contributed by atoms with van der Waals surface area (Å²) in [6.07, 6.45) is -0.669. The van der Waals surface area contributed by atoms with E-state index in [1.165, 1.54) is 7.05 Å². The molecule has 1 heterocycles. The summed E-state index contributed by atoms with van der Waals surface area (Å²) in [4.78, 5) is 21.6. The maximum absolute atomic E-state index is 12.0. The molecule has 1 aromatic rings. The number of aromatic nitrogens is 3. The first kappa shape index (κ1) is 15.5. The fraction of sp³-hybridized carbons (Fsp3) is 0.429. The summed E-state index contributed by atoms with van der Waals surface area (Å²) in [6.45, 7) is 0. The molecule has 0 saturated heterocycles. The number of nitrogens with zero attached hydrogens (tertiary/aromatic N) is 3. The van der Waals surface area contributed by atoms with Gasteiger partial charge in [0.15, 0.2) is 4.60 Å². The molecule has 106 valence electrons. The quantitative estimate of drug-likeness (QED) is 0.542. The number of carbonyl (C=O) groups excluding carboxylic acids is 1. The SMILES string of the molecule is Cn1nnc(Br)c1S(=O)(=O)N[C@H](CC(N)=O)C(=O)O. The number of aryl methyl sites for hydroxylation is 1. The number of amides is 1. The lowest BCUT2D eigenvalue weighted by atomic mass is 10.2. The Balaban J connectivity index is 3.08. The number of hydrogen-bond acceptors (Lipinski definition) is 6. The number of carboxylic acid groups (broad SMARTS) is 1. The Morgan fingerprint density at radius 3 is 2.53 bits per heavy atom. The van der Waals surface area contributed by atoms with Gasteiger partial charge in [-0.25, -0.2) is 13.1 Å². The minimum absolute atomic E-state index is 0.0780. The minimum atomic E-state index is -4.22. The average Bonchev–Trinajstić information content (AvgIpc) is 2.56. The summed E-state index contributed by atoms with van der Waals surface area (Å²) in [6, 6.07) is -1.66. The van der Waals surface area contributed by atoms with Crippen molar-refractivity contribution in [2.45, 2.75) is 17.5 Å². The molecule has 0 radical (unpaired) electrons. The van der Waals surface area contributed by atoms with Crippen LogP contribution in [0.2, 0.25) is 0 Å². The molecule has 0 saturated carbocycles. The van der Waals surface area contributed by atoms with Crippen molar-refractivity contribution in [3.63, 3.8) is 0 Å². The van der Waals surface area contributed by atoms with E-state index >= 15 is 0 Å². The van der Waals surface area contributed by atoms with Crippen LogP contribution in [0.5, 0.6) is 0 Å². The van der Waals surface area contributed by atoms with Crippen molar-refractivity contribution in [2.24, 2.45) is 12.8 Å². The van der Waals surface area contributed by atoms with Crippen molar-refractivity contribution in [1.29, 1.82) is 0 Å². The summed E-state index contributed by atoms with van der Waals surface area (Å²) < 4.78 is 26.7. The first-order valence-electron chi connectivity index (χ1n) is 4.73. The minimum Gasteiger partial charge on any atom is -0.480 e. The Bertz CT molecular complexity index is 592. The van der Waals surface area contributed by atoms with Gasteiger partial charge in [-0.05, 0) is 15.9 Å². The molecule has 0 unspecified atom stereocenters. The molecule has 0 aromatic carbocycles. The molecule has 1 rings (SSSR count). The van der Waals surface area contributed by atoms with Crippen molar-refractivity contribution in [3.05, 3.63) is 4.60 Å². The van der Waals surface area contributed by atoms with Crippen LogP contribution in [0.3, 0.4) is 0 Å². The first-order chi connectivity index (χ1) is 8.65. The van der Waals surface area contributed by atoms with E-state index in [0.29, 0.717) is 0 Å². The highest BCUT2D eigenvalue weighted by atomic mass is 79.9. The Morgan fingerprint density at radius 1 is 1.58 bits per heavy atom. The summed E-state index contributed by atoms with van der Waals surface area (Å²) in [5.41, 5.74) is 4.85. The second-order valence-electron chi connectivity index (χ2n) is 3.49. The maximum Gasteiger partial charge on any atom is 0.322 e. The van der Waals surface area contributed by atoms with Crippen LogP contribution in [0, 0.1) is 0 Å². The van der Waals surface area contributed by atoms with Gasteiger partial charge in [0.1, 0.15) is 6.04 Å². The van der Waals surface area contributed by atoms with E-state index in [9.17, 15) is 18.0 Å². The van der Waals surface area contributed by atoms with Gasteiger partial charge in [0.25, 0.3) is 10.0 Å². The molecule has 1 atom stereocenters. The number of sulfonamides is 1. The molecule has 0 fully saturated rings. The molecule has 0 spiro atoms. The van der Waals surface area contributed by atoms with Crippen LogP contribution in [0.4, 0.5) is 0 Å². The van der Waals surface area contributed by atoms with Gasteiger partial charge >= 0.3 is 5.97 Å². The fourth-order valence-corrected chi connectivity index (χ4v) is 3.52. The number of rotatable bonds is 6. The summed E-state index contributed by atoms with van der Waals surface area (Å²) >= 11 is 2.88. The molecule has 4 N–H and O–H groups in total. The highest BCUT2D eigenvalue weighted by Crippen LogP contribution is 2.18. The predicted molar refractivity (Wildman–Crippen MR) is 64.3 cm³/mol. The summed E-state index contributed by atoms with van der Waals surface area (Å²) in [7, 11) is -2.90. The molecule has 0 bridgehead atoms. The zero-order chi connectivity index (χ0) is 14.8. The van der Waals surface area contributed by atoms with Gasteiger partial charge in [-0.1, -0.05) is 5.21 Å². The van der Waals surface area contributed by atoms with Crippen LogP contribution in [0.25, 0.3) is 0 Å². The van der Waals surface area contributed by atoms with Crippen LogP contribution in [-0.4, -0.2) is 46.4 Å². The van der Waals surface area contributed by atoms with Crippen LogP contribution in [-0.2, 0) is 26.7 Å². The van der Waals surface area contributed by atoms with Crippen LogP contribution in [0.1, 0.15) is 6.42 Å². The molecule has 0 aliphatic carbocycles. The fourth-order valence-electron chi connectivity index (χ4n) is 1.23. The molecular weight excluding hydrogens is 346 g/mol. The van der Waals surface area contributed by atoms with Crippen molar-refractivity contribution in [2.75, 3.05) is 0 Å². The third-order valence-corrected chi connectivity index (χ3v) is 4.35. The van der Waals surface area contributed by atoms with Gasteiger partial charge in [-0.2, -0.15) is 4.72 Å². The van der Waals surface area contributed by atoms with E-state index in [1.54, 1.807) is 0 Å². The van der Waals surface area contributed by atoms with E-state index in [1.807, 2.05) is 4.72 Å². The second kappa shape index (κ2) is 5.63. The zero-order valence-corrected chi connectivity index (χ0v) is 12.0. The highest BCUT2D eigenvalue weighted by molar-refractivity contribution is 9.10. The topological polar surface area (TPSA) is 157 Å². The number of halogens is 1. The lowest BCUT2D eigenvalue weighted by Gasteiger charge is -2.13. The molecule has 10 nitrogen and oxygen atoms in total. The normalized spacial score (nSPS) is 13.2. The van der Waals surface area contributed by atoms with E-state index < -0.39 is 34.4 Å². The van der Waals surface area contributed by atoms with Gasteiger partial charge in [-0.15, -0.1) is 5.10 Å². The lowest BCUT2D eigenvalue weighted by Crippen LogP contribution is -2.43. The van der Waals surface area contributed by atoms with E-state index in [4.69, 9.17) is 10.8 Å². The number of hydrogen-bond donors (Lipinski definition) is 3. The molecule has 19 heavy (non-hydrogen) atoms. The summed E-state index contributed by atoms with van der Waals surface area (Å²) in [5.74, 6) is -2.47. The Morgan fingerprint density at radius 2 is 2.16 bits per heavy atom. The molecule has 0 aliphatic heterocycles. The van der Waals surface area contributed by atoms with Crippen molar-refractivity contribution in [3.8, 4) is 0 Å². The van der Waals surface area contributed by atoms with Crippen molar-refractivity contribution >= 4 is 37.8 Å². The first-order valence-corrected chi connectivity index (χ1v) is 7.01. The molecule has 1 amide bonds. The number of carboxylic acids is 1. The number of nitrogens with one attached hydrogen (secondary N) is 1. The van der Waals surface area contributed by atoms with Crippen molar-refractivity contribution in [1.82, 2.24) is 19.7 Å². The van der Waals surface area contributed by atoms with Crippen LogP contribution in [0.15, 0.2) is 9.63 Å². The molecule has 12 heteroatoms. The number of primary amides is 1. The van der Waals surface area contributed by atoms with Gasteiger partial charge < -0.3 is 10.8 Å². The summed E-state index contributed by atoms with van der Waals surface area (Å²) in [5, 5.41) is 15.4. The predicted octanol–water partition coefficient (Wildman–Crippen LogP) is -1.82. The third kappa shape index (κ3) is 3.71. The molecular formula is C7H10BrN5O5S. The van der Waals surface area contributed by atoms with E-state index in [-0.39, 0.29) is 9.63 Å². The Kier molecular flexibility index (Phi) is 4.60. The number of nitrogens with two attached hydrogens (primary N) is 1. The molecule has 1 aromatic heterocycles. The largest absolute Gasteiger partial charge is 0.480 e. The standard InChI is InChI=1S/C7H10BrN5O5S/c1-13-6(5(8)10-12-13)19(17,18)11-3(7(15)16)2-4(9)14/h3,11H,2H2,1H3,(H2,9,14)(H,15,16)/t3-/m1/s1. The van der Waals surface area contributed by atoms with Crippen molar-refractivity contribution < 1.29 is 23.1 Å². The Labute approximate surface area is 116 Å².